The van der Waals surface area contributed by atoms with E-state index in [2.05, 4.69) is 12.1 Å². The Morgan fingerprint density at radius 3 is 2.69 bits per heavy atom. The molecule has 13 heavy (non-hydrogen) atoms. The molecular weight excluding hydrogens is 164 g/mol. The van der Waals surface area contributed by atoms with Crippen LogP contribution in [-0.2, 0) is 9.47 Å². The summed E-state index contributed by atoms with van der Waals surface area (Å²) in [6.07, 6.45) is 3.55. The second-order valence-electron chi connectivity index (χ2n) is 3.01. The summed E-state index contributed by atoms with van der Waals surface area (Å²) in [6.45, 7) is 0. The fourth-order valence-electron chi connectivity index (χ4n) is 1.53. The highest BCUT2D eigenvalue weighted by atomic mass is 16.7. The number of benzene rings is 1. The summed E-state index contributed by atoms with van der Waals surface area (Å²) < 4.78 is 10.5. The molecule has 0 saturated heterocycles. The molecule has 2 heteroatoms. The Bertz CT molecular complexity index is 292. The van der Waals surface area contributed by atoms with E-state index in [1.54, 1.807) is 13.4 Å². The lowest BCUT2D eigenvalue weighted by molar-refractivity contribution is -0.0763. The van der Waals surface area contributed by atoms with Gasteiger partial charge >= 0.3 is 0 Å². The van der Waals surface area contributed by atoms with Gasteiger partial charge in [-0.05, 0) is 11.6 Å². The first-order valence-corrected chi connectivity index (χ1v) is 4.31. The lowest BCUT2D eigenvalue weighted by atomic mass is 10.00. The molecular formula is C11H12O2. The number of hydrogen-bond acceptors (Lipinski definition) is 2. The van der Waals surface area contributed by atoms with Crippen molar-refractivity contribution in [2.24, 2.45) is 0 Å². The molecule has 0 radical (unpaired) electrons. The Morgan fingerprint density at radius 2 is 2.00 bits per heavy atom. The topological polar surface area (TPSA) is 18.5 Å². The van der Waals surface area contributed by atoms with Gasteiger partial charge in [0.05, 0.1) is 12.2 Å². The first-order chi connectivity index (χ1) is 6.42. The van der Waals surface area contributed by atoms with Crippen LogP contribution in [0, 0.1) is 0 Å². The Kier molecular flexibility index (Phi) is 2.32. The van der Waals surface area contributed by atoms with Gasteiger partial charge in [0.15, 0.2) is 0 Å². The van der Waals surface area contributed by atoms with Crippen LogP contribution in [0.3, 0.4) is 0 Å². The maximum absolute atomic E-state index is 5.27. The molecule has 1 heterocycles. The lowest BCUT2D eigenvalue weighted by Crippen LogP contribution is -2.16. The highest BCUT2D eigenvalue weighted by molar-refractivity contribution is 5.25. The quantitative estimate of drug-likeness (QED) is 0.688. The second kappa shape index (κ2) is 3.62. The SMILES string of the molecule is CO[C@H]1OC=C[C@@H]1c1ccccc1. The average molecular weight is 176 g/mol. The van der Waals surface area contributed by atoms with Gasteiger partial charge < -0.3 is 9.47 Å². The van der Waals surface area contributed by atoms with Crippen molar-refractivity contribution in [3.8, 4) is 0 Å². The van der Waals surface area contributed by atoms with E-state index < -0.39 is 0 Å². The Labute approximate surface area is 77.8 Å². The van der Waals surface area contributed by atoms with E-state index in [0.717, 1.165) is 0 Å². The van der Waals surface area contributed by atoms with Crippen LogP contribution in [0.5, 0.6) is 0 Å². The minimum atomic E-state index is -0.164. The summed E-state index contributed by atoms with van der Waals surface area (Å²) in [6, 6.07) is 10.2. The van der Waals surface area contributed by atoms with Crippen LogP contribution in [0.4, 0.5) is 0 Å². The van der Waals surface area contributed by atoms with E-state index >= 15 is 0 Å². The minimum Gasteiger partial charge on any atom is -0.472 e. The number of rotatable bonds is 2. The van der Waals surface area contributed by atoms with Gasteiger partial charge in [-0.1, -0.05) is 30.3 Å². The van der Waals surface area contributed by atoms with Crippen molar-refractivity contribution in [1.29, 1.82) is 0 Å². The Morgan fingerprint density at radius 1 is 1.23 bits per heavy atom. The fraction of sp³-hybridized carbons (Fsp3) is 0.273. The van der Waals surface area contributed by atoms with Gasteiger partial charge in [-0.15, -0.1) is 0 Å². The number of ether oxygens (including phenoxy) is 2. The number of hydrogen-bond donors (Lipinski definition) is 0. The van der Waals surface area contributed by atoms with Crippen molar-refractivity contribution in [2.45, 2.75) is 12.2 Å². The van der Waals surface area contributed by atoms with Gasteiger partial charge in [0, 0.05) is 7.11 Å². The largest absolute Gasteiger partial charge is 0.472 e. The molecule has 0 spiro atoms. The predicted molar refractivity (Wildman–Crippen MR) is 50.2 cm³/mol. The molecule has 0 fully saturated rings. The van der Waals surface area contributed by atoms with Crippen LogP contribution in [0.1, 0.15) is 11.5 Å². The predicted octanol–water partition coefficient (Wildman–Crippen LogP) is 2.29. The molecule has 2 rings (SSSR count). The van der Waals surface area contributed by atoms with Crippen LogP contribution >= 0.6 is 0 Å². The highest BCUT2D eigenvalue weighted by Gasteiger charge is 2.25. The maximum Gasteiger partial charge on any atom is 0.209 e. The zero-order valence-electron chi connectivity index (χ0n) is 7.51. The van der Waals surface area contributed by atoms with Gasteiger partial charge in [-0.25, -0.2) is 0 Å². The second-order valence-corrected chi connectivity index (χ2v) is 3.01. The van der Waals surface area contributed by atoms with E-state index in [0.29, 0.717) is 0 Å². The van der Waals surface area contributed by atoms with E-state index in [4.69, 9.17) is 9.47 Å². The third-order valence-electron chi connectivity index (χ3n) is 2.21. The van der Waals surface area contributed by atoms with E-state index in [1.807, 2.05) is 24.3 Å². The maximum atomic E-state index is 5.27. The summed E-state index contributed by atoms with van der Waals surface area (Å²) in [5.41, 5.74) is 1.23. The first-order valence-electron chi connectivity index (χ1n) is 4.31. The molecule has 0 unspecified atom stereocenters. The molecule has 2 atom stereocenters. The Hall–Kier alpha value is -1.28. The Balaban J connectivity index is 2.21. The standard InChI is InChI=1S/C11H12O2/c1-12-11-10(7-8-13-11)9-5-3-2-4-6-9/h2-8,10-11H,1H3/t10-,11+/m1/s1. The van der Waals surface area contributed by atoms with Crippen LogP contribution in [-0.4, -0.2) is 13.4 Å². The summed E-state index contributed by atoms with van der Waals surface area (Å²) >= 11 is 0. The monoisotopic (exact) mass is 176 g/mol. The van der Waals surface area contributed by atoms with Gasteiger partial charge in [-0.2, -0.15) is 0 Å². The molecule has 0 bridgehead atoms. The summed E-state index contributed by atoms with van der Waals surface area (Å²) in [5.74, 6) is 0.228. The minimum absolute atomic E-state index is 0.164. The van der Waals surface area contributed by atoms with E-state index in [-0.39, 0.29) is 12.2 Å². The van der Waals surface area contributed by atoms with Gasteiger partial charge in [0.2, 0.25) is 6.29 Å². The normalized spacial score (nSPS) is 25.9. The number of methoxy groups -OCH3 is 1. The summed E-state index contributed by atoms with van der Waals surface area (Å²) in [4.78, 5) is 0. The average Bonchev–Trinajstić information content (AvgIpc) is 2.67. The first kappa shape index (κ1) is 8.32. The van der Waals surface area contributed by atoms with Crippen LogP contribution in [0.15, 0.2) is 42.7 Å². The summed E-state index contributed by atoms with van der Waals surface area (Å²) in [5, 5.41) is 0. The molecule has 0 amide bonds. The fourth-order valence-corrected chi connectivity index (χ4v) is 1.53. The molecule has 1 aromatic rings. The van der Waals surface area contributed by atoms with Gasteiger partial charge in [0.25, 0.3) is 0 Å². The summed E-state index contributed by atoms with van der Waals surface area (Å²) in [7, 11) is 1.66. The van der Waals surface area contributed by atoms with E-state index in [9.17, 15) is 0 Å². The van der Waals surface area contributed by atoms with Gasteiger partial charge in [0.1, 0.15) is 0 Å². The molecule has 1 aromatic carbocycles. The van der Waals surface area contributed by atoms with Crippen molar-refractivity contribution in [2.75, 3.05) is 7.11 Å². The zero-order chi connectivity index (χ0) is 9.10. The van der Waals surface area contributed by atoms with Crippen LogP contribution in [0.25, 0.3) is 0 Å². The van der Waals surface area contributed by atoms with E-state index in [1.165, 1.54) is 5.56 Å². The van der Waals surface area contributed by atoms with Crippen molar-refractivity contribution in [3.63, 3.8) is 0 Å². The van der Waals surface area contributed by atoms with Crippen molar-refractivity contribution >= 4 is 0 Å². The zero-order valence-corrected chi connectivity index (χ0v) is 7.51. The van der Waals surface area contributed by atoms with Crippen molar-refractivity contribution in [1.82, 2.24) is 0 Å². The van der Waals surface area contributed by atoms with Gasteiger partial charge in [-0.3, -0.25) is 0 Å². The van der Waals surface area contributed by atoms with Crippen LogP contribution in [0.2, 0.25) is 0 Å². The molecule has 0 saturated carbocycles. The molecule has 0 aromatic heterocycles. The van der Waals surface area contributed by atoms with Crippen LogP contribution < -0.4 is 0 Å². The molecule has 1 aliphatic heterocycles. The molecule has 0 aliphatic carbocycles. The third-order valence-corrected chi connectivity index (χ3v) is 2.21. The third kappa shape index (κ3) is 1.58. The smallest absolute Gasteiger partial charge is 0.209 e. The van der Waals surface area contributed by atoms with Crippen molar-refractivity contribution < 1.29 is 9.47 Å². The lowest BCUT2D eigenvalue weighted by Gasteiger charge is -2.16. The molecule has 1 aliphatic rings. The van der Waals surface area contributed by atoms with Crippen molar-refractivity contribution in [3.05, 3.63) is 48.2 Å². The molecule has 68 valence electrons. The molecule has 2 nitrogen and oxygen atoms in total. The molecule has 0 N–H and O–H groups in total. The highest BCUT2D eigenvalue weighted by Crippen LogP contribution is 2.28.